The van der Waals surface area contributed by atoms with Crippen LogP contribution in [0.4, 0.5) is 11.4 Å². The topological polar surface area (TPSA) is 50.4 Å². The first-order valence-electron chi connectivity index (χ1n) is 7.41. The molecule has 2 atom stereocenters. The summed E-state index contributed by atoms with van der Waals surface area (Å²) in [6.45, 7) is 6.39. The zero-order valence-corrected chi connectivity index (χ0v) is 13.5. The van der Waals surface area contributed by atoms with E-state index in [1.165, 1.54) is 12.2 Å². The SMILES string of the molecule is CC1Oc2ccc(NC3CSCCC3(C)C)cc2NC1=O. The van der Waals surface area contributed by atoms with Crippen molar-refractivity contribution in [2.24, 2.45) is 5.41 Å². The van der Waals surface area contributed by atoms with Gasteiger partial charge in [0.1, 0.15) is 5.75 Å². The van der Waals surface area contributed by atoms with Crippen molar-refractivity contribution in [1.82, 2.24) is 0 Å². The Hall–Kier alpha value is -1.36. The van der Waals surface area contributed by atoms with Gasteiger partial charge in [-0.3, -0.25) is 4.79 Å². The fraction of sp³-hybridized carbons (Fsp3) is 0.562. The maximum absolute atomic E-state index is 11.7. The van der Waals surface area contributed by atoms with Crippen molar-refractivity contribution in [2.45, 2.75) is 39.3 Å². The summed E-state index contributed by atoms with van der Waals surface area (Å²) < 4.78 is 5.59. The minimum absolute atomic E-state index is 0.0896. The fourth-order valence-corrected chi connectivity index (χ4v) is 4.28. The van der Waals surface area contributed by atoms with Gasteiger partial charge in [-0.15, -0.1) is 0 Å². The van der Waals surface area contributed by atoms with Crippen LogP contribution in [0.1, 0.15) is 27.2 Å². The van der Waals surface area contributed by atoms with E-state index in [4.69, 9.17) is 4.74 Å². The molecule has 2 aliphatic rings. The molecule has 2 unspecified atom stereocenters. The molecule has 0 saturated carbocycles. The van der Waals surface area contributed by atoms with Crippen molar-refractivity contribution >= 4 is 29.0 Å². The lowest BCUT2D eigenvalue weighted by atomic mass is 9.82. The van der Waals surface area contributed by atoms with Gasteiger partial charge in [0, 0.05) is 17.5 Å². The zero-order chi connectivity index (χ0) is 15.0. The number of amides is 1. The number of thioether (sulfide) groups is 1. The van der Waals surface area contributed by atoms with Crippen LogP contribution < -0.4 is 15.4 Å². The number of benzene rings is 1. The van der Waals surface area contributed by atoms with Gasteiger partial charge < -0.3 is 15.4 Å². The highest BCUT2D eigenvalue weighted by atomic mass is 32.2. The van der Waals surface area contributed by atoms with E-state index >= 15 is 0 Å². The van der Waals surface area contributed by atoms with Crippen LogP contribution in [0.3, 0.4) is 0 Å². The summed E-state index contributed by atoms with van der Waals surface area (Å²) in [6.07, 6.45) is 0.794. The number of nitrogens with one attached hydrogen (secondary N) is 2. The molecule has 1 amide bonds. The number of carbonyl (C=O) groups excluding carboxylic acids is 1. The standard InChI is InChI=1S/C16H22N2O2S/c1-10-15(19)18-12-8-11(4-5-13(12)20-10)17-14-9-21-7-6-16(14,2)3/h4-5,8,10,14,17H,6-7,9H2,1-3H3,(H,18,19). The van der Waals surface area contributed by atoms with E-state index in [1.54, 1.807) is 6.92 Å². The average molecular weight is 306 g/mol. The summed E-state index contributed by atoms with van der Waals surface area (Å²) in [4.78, 5) is 11.7. The molecule has 1 aromatic rings. The van der Waals surface area contributed by atoms with Crippen LogP contribution >= 0.6 is 11.8 Å². The zero-order valence-electron chi connectivity index (χ0n) is 12.7. The van der Waals surface area contributed by atoms with E-state index in [0.29, 0.717) is 6.04 Å². The second-order valence-corrected chi connectivity index (χ2v) is 7.62. The molecular formula is C16H22N2O2S. The van der Waals surface area contributed by atoms with E-state index in [9.17, 15) is 4.79 Å². The first-order chi connectivity index (χ1) is 9.95. The van der Waals surface area contributed by atoms with Crippen molar-refractivity contribution in [3.8, 4) is 5.75 Å². The van der Waals surface area contributed by atoms with Crippen molar-refractivity contribution in [3.63, 3.8) is 0 Å². The molecular weight excluding hydrogens is 284 g/mol. The monoisotopic (exact) mass is 306 g/mol. The molecule has 114 valence electrons. The summed E-state index contributed by atoms with van der Waals surface area (Å²) in [6, 6.07) is 6.36. The molecule has 2 N–H and O–H groups in total. The molecule has 0 radical (unpaired) electrons. The Bertz CT molecular complexity index is 559. The normalized spacial score (nSPS) is 27.3. The Balaban J connectivity index is 1.78. The van der Waals surface area contributed by atoms with Crippen LogP contribution in [0.15, 0.2) is 18.2 Å². The Morgan fingerprint density at radius 2 is 2.24 bits per heavy atom. The molecule has 3 rings (SSSR count). The van der Waals surface area contributed by atoms with Crippen molar-refractivity contribution in [3.05, 3.63) is 18.2 Å². The summed E-state index contributed by atoms with van der Waals surface area (Å²) in [5.41, 5.74) is 2.08. The lowest BCUT2D eigenvalue weighted by Crippen LogP contribution is -2.41. The van der Waals surface area contributed by atoms with Gasteiger partial charge >= 0.3 is 0 Å². The van der Waals surface area contributed by atoms with Crippen molar-refractivity contribution in [1.29, 1.82) is 0 Å². The molecule has 21 heavy (non-hydrogen) atoms. The van der Waals surface area contributed by atoms with Crippen molar-refractivity contribution < 1.29 is 9.53 Å². The third kappa shape index (κ3) is 2.98. The number of hydrogen-bond donors (Lipinski definition) is 2. The molecule has 0 bridgehead atoms. The van der Waals surface area contributed by atoms with Gasteiger partial charge in [0.25, 0.3) is 5.91 Å². The van der Waals surface area contributed by atoms with Crippen LogP contribution in [0.25, 0.3) is 0 Å². The van der Waals surface area contributed by atoms with Gasteiger partial charge in [-0.05, 0) is 42.7 Å². The number of hydrogen-bond acceptors (Lipinski definition) is 4. The third-order valence-corrected chi connectivity index (χ3v) is 5.43. The highest BCUT2D eigenvalue weighted by Crippen LogP contribution is 2.38. The molecule has 0 spiro atoms. The maximum atomic E-state index is 11.7. The highest BCUT2D eigenvalue weighted by molar-refractivity contribution is 7.99. The lowest BCUT2D eigenvalue weighted by molar-refractivity contribution is -0.122. The predicted molar refractivity (Wildman–Crippen MR) is 88.3 cm³/mol. The molecule has 2 heterocycles. The van der Waals surface area contributed by atoms with Gasteiger partial charge in [0.15, 0.2) is 6.10 Å². The molecule has 2 aliphatic heterocycles. The summed E-state index contributed by atoms with van der Waals surface area (Å²) in [7, 11) is 0. The molecule has 1 aromatic carbocycles. The summed E-state index contributed by atoms with van der Waals surface area (Å²) in [5.74, 6) is 3.00. The second kappa shape index (κ2) is 5.44. The van der Waals surface area contributed by atoms with Gasteiger partial charge in [-0.2, -0.15) is 11.8 Å². The first kappa shape index (κ1) is 14.6. The number of anilines is 2. The lowest BCUT2D eigenvalue weighted by Gasteiger charge is -2.39. The van der Waals surface area contributed by atoms with E-state index in [1.807, 2.05) is 30.0 Å². The molecule has 1 fully saturated rings. The predicted octanol–water partition coefficient (Wildman–Crippen LogP) is 3.35. The number of ether oxygens (including phenoxy) is 1. The molecule has 0 aromatic heterocycles. The number of carbonyl (C=O) groups is 1. The fourth-order valence-electron chi connectivity index (χ4n) is 2.67. The second-order valence-electron chi connectivity index (χ2n) is 6.47. The summed E-state index contributed by atoms with van der Waals surface area (Å²) in [5, 5.41) is 6.52. The maximum Gasteiger partial charge on any atom is 0.265 e. The van der Waals surface area contributed by atoms with E-state index < -0.39 is 6.10 Å². The van der Waals surface area contributed by atoms with Crippen LogP contribution in [0.2, 0.25) is 0 Å². The highest BCUT2D eigenvalue weighted by Gasteiger charge is 2.32. The van der Waals surface area contributed by atoms with Gasteiger partial charge in [-0.1, -0.05) is 13.8 Å². The Labute approximate surface area is 130 Å². The van der Waals surface area contributed by atoms with Gasteiger partial charge in [0.05, 0.1) is 5.69 Å². The molecule has 0 aliphatic carbocycles. The van der Waals surface area contributed by atoms with E-state index in [0.717, 1.165) is 22.9 Å². The van der Waals surface area contributed by atoms with E-state index in [-0.39, 0.29) is 11.3 Å². The summed E-state index contributed by atoms with van der Waals surface area (Å²) >= 11 is 2.00. The van der Waals surface area contributed by atoms with Crippen LogP contribution in [-0.2, 0) is 4.79 Å². The van der Waals surface area contributed by atoms with Gasteiger partial charge in [-0.25, -0.2) is 0 Å². The van der Waals surface area contributed by atoms with Gasteiger partial charge in [0.2, 0.25) is 0 Å². The number of rotatable bonds is 2. The quantitative estimate of drug-likeness (QED) is 0.880. The smallest absolute Gasteiger partial charge is 0.265 e. The van der Waals surface area contributed by atoms with E-state index in [2.05, 4.69) is 24.5 Å². The van der Waals surface area contributed by atoms with Crippen LogP contribution in [0, 0.1) is 5.41 Å². The third-order valence-electron chi connectivity index (χ3n) is 4.37. The van der Waals surface area contributed by atoms with Crippen molar-refractivity contribution in [2.75, 3.05) is 22.1 Å². The van der Waals surface area contributed by atoms with Crippen LogP contribution in [0.5, 0.6) is 5.75 Å². The Morgan fingerprint density at radius 1 is 1.43 bits per heavy atom. The van der Waals surface area contributed by atoms with Crippen LogP contribution in [-0.4, -0.2) is 29.6 Å². The largest absolute Gasteiger partial charge is 0.479 e. The molecule has 1 saturated heterocycles. The average Bonchev–Trinajstić information content (AvgIpc) is 2.43. The Morgan fingerprint density at radius 3 is 3.00 bits per heavy atom. The molecule has 5 heteroatoms. The number of fused-ring (bicyclic) bond motifs is 1. The molecule has 4 nitrogen and oxygen atoms in total. The first-order valence-corrected chi connectivity index (χ1v) is 8.57. The Kier molecular flexibility index (Phi) is 3.78. The minimum atomic E-state index is -0.426. The minimum Gasteiger partial charge on any atom is -0.479 e.